The number of rotatable bonds is 2. The predicted octanol–water partition coefficient (Wildman–Crippen LogP) is 4.82. The molecule has 2 aromatic rings. The molecule has 1 aromatic heterocycles. The zero-order valence-electron chi connectivity index (χ0n) is 9.88. The number of nitrogens with one attached hydrogen (secondary N) is 1. The first-order valence-corrected chi connectivity index (χ1v) is 7.32. The van der Waals surface area contributed by atoms with Crippen LogP contribution in [0.3, 0.4) is 0 Å². The summed E-state index contributed by atoms with van der Waals surface area (Å²) in [5, 5.41) is 3.31. The predicted molar refractivity (Wildman–Crippen MR) is 83.8 cm³/mol. The Bertz CT molecular complexity index is 626. The van der Waals surface area contributed by atoms with Gasteiger partial charge in [0.1, 0.15) is 4.60 Å². The molecule has 0 aliphatic carbocycles. The molecule has 3 nitrogen and oxygen atoms in total. The van der Waals surface area contributed by atoms with E-state index in [1.807, 2.05) is 6.92 Å². The summed E-state index contributed by atoms with van der Waals surface area (Å²) >= 11 is 12.5. The quantitative estimate of drug-likeness (QED) is 0.729. The molecule has 0 radical (unpaired) electrons. The lowest BCUT2D eigenvalue weighted by molar-refractivity contribution is 0.102. The molecule has 1 N–H and O–H groups in total. The van der Waals surface area contributed by atoms with Crippen LogP contribution < -0.4 is 5.32 Å². The van der Waals surface area contributed by atoms with Crippen molar-refractivity contribution < 1.29 is 4.79 Å². The number of benzene rings is 1. The molecule has 6 heteroatoms. The van der Waals surface area contributed by atoms with Gasteiger partial charge in [-0.25, -0.2) is 4.98 Å². The van der Waals surface area contributed by atoms with Crippen LogP contribution in [-0.2, 0) is 0 Å². The van der Waals surface area contributed by atoms with Crippen LogP contribution >= 0.6 is 43.5 Å². The Morgan fingerprint density at radius 2 is 2.00 bits per heavy atom. The zero-order chi connectivity index (χ0) is 14.0. The largest absolute Gasteiger partial charge is 0.320 e. The molecule has 19 heavy (non-hydrogen) atoms. The fourth-order valence-electron chi connectivity index (χ4n) is 1.54. The van der Waals surface area contributed by atoms with Gasteiger partial charge in [-0.05, 0) is 53.2 Å². The maximum absolute atomic E-state index is 12.1. The van der Waals surface area contributed by atoms with Crippen molar-refractivity contribution in [3.05, 3.63) is 55.7 Å². The minimum atomic E-state index is -0.226. The number of hydrogen-bond donors (Lipinski definition) is 1. The van der Waals surface area contributed by atoms with Gasteiger partial charge < -0.3 is 5.32 Å². The smallest absolute Gasteiger partial charge is 0.255 e. The average Bonchev–Trinajstić information content (AvgIpc) is 2.31. The summed E-state index contributed by atoms with van der Waals surface area (Å²) in [4.78, 5) is 16.3. The van der Waals surface area contributed by atoms with Gasteiger partial charge in [0.2, 0.25) is 0 Å². The highest BCUT2D eigenvalue weighted by molar-refractivity contribution is 9.10. The van der Waals surface area contributed by atoms with Gasteiger partial charge in [-0.3, -0.25) is 4.79 Å². The summed E-state index contributed by atoms with van der Waals surface area (Å²) in [6.45, 7) is 1.83. The van der Waals surface area contributed by atoms with Gasteiger partial charge in [0, 0.05) is 15.1 Å². The van der Waals surface area contributed by atoms with E-state index in [1.54, 1.807) is 30.3 Å². The molecule has 0 atom stereocenters. The van der Waals surface area contributed by atoms with Crippen LogP contribution in [0.2, 0.25) is 5.02 Å². The SMILES string of the molecule is Cc1nc(Br)ccc1NC(=O)c1cc(Cl)cc(Br)c1. The summed E-state index contributed by atoms with van der Waals surface area (Å²) in [6.07, 6.45) is 0. The molecule has 0 spiro atoms. The van der Waals surface area contributed by atoms with Crippen LogP contribution in [-0.4, -0.2) is 10.9 Å². The first-order valence-electron chi connectivity index (χ1n) is 5.36. The van der Waals surface area contributed by atoms with E-state index in [9.17, 15) is 4.79 Å². The molecule has 2 rings (SSSR count). The van der Waals surface area contributed by atoms with E-state index in [4.69, 9.17) is 11.6 Å². The summed E-state index contributed by atoms with van der Waals surface area (Å²) < 4.78 is 1.49. The standard InChI is InChI=1S/C13H9Br2ClN2O/c1-7-11(2-3-12(15)17-7)18-13(19)8-4-9(14)6-10(16)5-8/h2-6H,1H3,(H,18,19). The number of aromatic nitrogens is 1. The fraction of sp³-hybridized carbons (Fsp3) is 0.0769. The van der Waals surface area contributed by atoms with Crippen molar-refractivity contribution in [2.75, 3.05) is 5.32 Å². The third-order valence-corrected chi connectivity index (χ3v) is 3.54. The van der Waals surface area contributed by atoms with Gasteiger partial charge in [0.25, 0.3) is 5.91 Å². The van der Waals surface area contributed by atoms with Gasteiger partial charge in [-0.2, -0.15) is 0 Å². The maximum Gasteiger partial charge on any atom is 0.255 e. The number of aryl methyl sites for hydroxylation is 1. The lowest BCUT2D eigenvalue weighted by atomic mass is 10.2. The summed E-state index contributed by atoms with van der Waals surface area (Å²) in [7, 11) is 0. The Kier molecular flexibility index (Phi) is 4.60. The lowest BCUT2D eigenvalue weighted by Gasteiger charge is -2.08. The van der Waals surface area contributed by atoms with E-state index in [0.717, 1.165) is 14.8 Å². The van der Waals surface area contributed by atoms with E-state index in [1.165, 1.54) is 0 Å². The summed E-state index contributed by atoms with van der Waals surface area (Å²) in [6, 6.07) is 8.62. The van der Waals surface area contributed by atoms with Crippen LogP contribution in [0.5, 0.6) is 0 Å². The summed E-state index contributed by atoms with van der Waals surface area (Å²) in [5.74, 6) is -0.226. The minimum absolute atomic E-state index is 0.226. The third-order valence-electron chi connectivity index (χ3n) is 2.42. The third kappa shape index (κ3) is 3.78. The van der Waals surface area contributed by atoms with E-state index in [-0.39, 0.29) is 5.91 Å². The molecule has 98 valence electrons. The fourth-order valence-corrected chi connectivity index (χ4v) is 2.80. The first-order chi connectivity index (χ1) is 8.95. The Morgan fingerprint density at radius 1 is 1.26 bits per heavy atom. The Labute approximate surface area is 132 Å². The number of carbonyl (C=O) groups excluding carboxylic acids is 1. The Morgan fingerprint density at radius 3 is 2.63 bits per heavy atom. The van der Waals surface area contributed by atoms with Gasteiger partial charge in [-0.1, -0.05) is 27.5 Å². The summed E-state index contributed by atoms with van der Waals surface area (Å²) in [5.41, 5.74) is 1.90. The molecule has 0 bridgehead atoms. The average molecular weight is 404 g/mol. The van der Waals surface area contributed by atoms with Crippen molar-refractivity contribution in [2.24, 2.45) is 0 Å². The maximum atomic E-state index is 12.1. The van der Waals surface area contributed by atoms with Gasteiger partial charge in [-0.15, -0.1) is 0 Å². The molecule has 1 amide bonds. The van der Waals surface area contributed by atoms with E-state index < -0.39 is 0 Å². The van der Waals surface area contributed by atoms with E-state index in [0.29, 0.717) is 16.3 Å². The minimum Gasteiger partial charge on any atom is -0.320 e. The molecule has 0 saturated carbocycles. The molecule has 0 fully saturated rings. The van der Waals surface area contributed by atoms with Crippen molar-refractivity contribution in [2.45, 2.75) is 6.92 Å². The Hall–Kier alpha value is -0.910. The zero-order valence-corrected chi connectivity index (χ0v) is 13.8. The molecule has 1 aromatic carbocycles. The molecular weight excluding hydrogens is 395 g/mol. The number of carbonyl (C=O) groups is 1. The molecule has 0 aliphatic heterocycles. The second kappa shape index (κ2) is 6.03. The molecule has 0 saturated heterocycles. The van der Waals surface area contributed by atoms with E-state index in [2.05, 4.69) is 42.2 Å². The number of anilines is 1. The van der Waals surface area contributed by atoms with Crippen LogP contribution in [0, 0.1) is 6.92 Å². The monoisotopic (exact) mass is 402 g/mol. The second-order valence-corrected chi connectivity index (χ2v) is 6.04. The Balaban J connectivity index is 2.25. The van der Waals surface area contributed by atoms with Crippen molar-refractivity contribution in [3.8, 4) is 0 Å². The first kappa shape index (κ1) is 14.5. The van der Waals surface area contributed by atoms with Crippen LogP contribution in [0.25, 0.3) is 0 Å². The van der Waals surface area contributed by atoms with Crippen molar-refractivity contribution in [1.82, 2.24) is 4.98 Å². The number of amides is 1. The van der Waals surface area contributed by atoms with Crippen LogP contribution in [0.1, 0.15) is 16.1 Å². The van der Waals surface area contributed by atoms with Crippen molar-refractivity contribution >= 4 is 55.1 Å². The van der Waals surface area contributed by atoms with Gasteiger partial charge in [0.15, 0.2) is 0 Å². The molecule has 0 unspecified atom stereocenters. The molecule has 1 heterocycles. The lowest BCUT2D eigenvalue weighted by Crippen LogP contribution is -2.13. The molecule has 0 aliphatic rings. The normalized spacial score (nSPS) is 10.3. The number of hydrogen-bond acceptors (Lipinski definition) is 2. The highest BCUT2D eigenvalue weighted by Crippen LogP contribution is 2.21. The second-order valence-electron chi connectivity index (χ2n) is 3.88. The van der Waals surface area contributed by atoms with Gasteiger partial charge in [0.05, 0.1) is 11.4 Å². The molecular formula is C13H9Br2ClN2O. The van der Waals surface area contributed by atoms with E-state index >= 15 is 0 Å². The topological polar surface area (TPSA) is 42.0 Å². The van der Waals surface area contributed by atoms with Gasteiger partial charge >= 0.3 is 0 Å². The van der Waals surface area contributed by atoms with Crippen LogP contribution in [0.15, 0.2) is 39.4 Å². The van der Waals surface area contributed by atoms with Crippen molar-refractivity contribution in [1.29, 1.82) is 0 Å². The number of pyridine rings is 1. The van der Waals surface area contributed by atoms with Crippen molar-refractivity contribution in [3.63, 3.8) is 0 Å². The highest BCUT2D eigenvalue weighted by atomic mass is 79.9. The van der Waals surface area contributed by atoms with Crippen LogP contribution in [0.4, 0.5) is 5.69 Å². The number of halogens is 3. The number of nitrogens with zero attached hydrogens (tertiary/aromatic N) is 1. The highest BCUT2D eigenvalue weighted by Gasteiger charge is 2.10.